The molecule has 1 saturated heterocycles. The lowest BCUT2D eigenvalue weighted by atomic mass is 9.90. The minimum Gasteiger partial charge on any atom is -0.310 e. The summed E-state index contributed by atoms with van der Waals surface area (Å²) < 4.78 is 11.3. The lowest BCUT2D eigenvalue weighted by Crippen LogP contribution is -2.30. The van der Waals surface area contributed by atoms with Crippen molar-refractivity contribution in [3.8, 4) is 0 Å². The molecule has 0 aliphatic carbocycles. The van der Waals surface area contributed by atoms with Gasteiger partial charge in [-0.05, 0) is 43.0 Å². The molecule has 0 bridgehead atoms. The van der Waals surface area contributed by atoms with Crippen LogP contribution in [-0.2, 0) is 10.8 Å². The molecule has 0 saturated carbocycles. The van der Waals surface area contributed by atoms with Gasteiger partial charge in [-0.25, -0.2) is 0 Å². The maximum atomic E-state index is 11.3. The average Bonchev–Trinajstić information content (AvgIpc) is 2.29. The first-order chi connectivity index (χ1) is 7.66. The predicted molar refractivity (Wildman–Crippen MR) is 67.9 cm³/mol. The van der Waals surface area contributed by atoms with E-state index in [9.17, 15) is 4.21 Å². The zero-order chi connectivity index (χ0) is 11.5. The number of benzene rings is 1. The van der Waals surface area contributed by atoms with E-state index in [2.05, 4.69) is 24.4 Å². The third-order valence-electron chi connectivity index (χ3n) is 3.28. The Bertz CT molecular complexity index is 374. The lowest BCUT2D eigenvalue weighted by Gasteiger charge is -2.28. The fourth-order valence-electron chi connectivity index (χ4n) is 2.25. The van der Waals surface area contributed by atoms with Gasteiger partial charge >= 0.3 is 0 Å². The minimum absolute atomic E-state index is 0.475. The van der Waals surface area contributed by atoms with E-state index in [4.69, 9.17) is 0 Å². The van der Waals surface area contributed by atoms with Crippen LogP contribution in [0.5, 0.6) is 0 Å². The fraction of sp³-hybridized carbons (Fsp3) is 0.538. The Labute approximate surface area is 99.9 Å². The first-order valence-electron chi connectivity index (χ1n) is 5.83. The average molecular weight is 237 g/mol. The molecule has 1 aromatic carbocycles. The van der Waals surface area contributed by atoms with Gasteiger partial charge in [0, 0.05) is 28.0 Å². The van der Waals surface area contributed by atoms with E-state index in [1.54, 1.807) is 6.26 Å². The maximum absolute atomic E-state index is 11.3. The summed E-state index contributed by atoms with van der Waals surface area (Å²) in [6.07, 6.45) is 4.19. The van der Waals surface area contributed by atoms with Crippen molar-refractivity contribution in [1.82, 2.24) is 5.32 Å². The van der Waals surface area contributed by atoms with Crippen molar-refractivity contribution >= 4 is 10.8 Å². The van der Waals surface area contributed by atoms with Crippen molar-refractivity contribution in [3.05, 3.63) is 29.8 Å². The Morgan fingerprint density at radius 3 is 2.56 bits per heavy atom. The molecule has 1 aliphatic heterocycles. The quantitative estimate of drug-likeness (QED) is 0.856. The third-order valence-corrected chi connectivity index (χ3v) is 4.22. The van der Waals surface area contributed by atoms with Crippen LogP contribution in [0.1, 0.15) is 31.4 Å². The van der Waals surface area contributed by atoms with Gasteiger partial charge in [-0.1, -0.05) is 19.1 Å². The number of hydrogen-bond donors (Lipinski definition) is 1. The molecule has 1 fully saturated rings. The fourth-order valence-corrected chi connectivity index (χ4v) is 2.77. The summed E-state index contributed by atoms with van der Waals surface area (Å²) in [7, 11) is -0.870. The molecule has 2 nitrogen and oxygen atoms in total. The SMILES string of the molecule is C[C@@H]1CCN[C@H](c2ccc(S(C)=O)cc2)C1. The topological polar surface area (TPSA) is 29.1 Å². The Balaban J connectivity index is 2.11. The first kappa shape index (κ1) is 11.8. The van der Waals surface area contributed by atoms with Gasteiger partial charge in [-0.15, -0.1) is 0 Å². The molecular weight excluding hydrogens is 218 g/mol. The monoisotopic (exact) mass is 237 g/mol. The molecule has 1 heterocycles. The predicted octanol–water partition coefficient (Wildman–Crippen LogP) is 2.48. The molecule has 3 atom stereocenters. The second kappa shape index (κ2) is 5.11. The molecule has 1 N–H and O–H groups in total. The van der Waals surface area contributed by atoms with Gasteiger partial charge in [0.25, 0.3) is 0 Å². The van der Waals surface area contributed by atoms with Crippen LogP contribution in [0.4, 0.5) is 0 Å². The zero-order valence-electron chi connectivity index (χ0n) is 9.90. The van der Waals surface area contributed by atoms with Gasteiger partial charge in [-0.2, -0.15) is 0 Å². The van der Waals surface area contributed by atoms with Crippen LogP contribution in [0.15, 0.2) is 29.2 Å². The van der Waals surface area contributed by atoms with Gasteiger partial charge in [0.2, 0.25) is 0 Å². The van der Waals surface area contributed by atoms with Gasteiger partial charge < -0.3 is 5.32 Å². The highest BCUT2D eigenvalue weighted by Gasteiger charge is 2.19. The Morgan fingerprint density at radius 2 is 2.00 bits per heavy atom. The molecule has 0 radical (unpaired) electrons. The van der Waals surface area contributed by atoms with Gasteiger partial charge in [0.05, 0.1) is 0 Å². The molecule has 0 aromatic heterocycles. The second-order valence-electron chi connectivity index (χ2n) is 4.66. The molecular formula is C13H19NOS. The third kappa shape index (κ3) is 2.71. The summed E-state index contributed by atoms with van der Waals surface area (Å²) in [4.78, 5) is 0.910. The van der Waals surface area contributed by atoms with Crippen molar-refractivity contribution in [2.75, 3.05) is 12.8 Å². The maximum Gasteiger partial charge on any atom is 0.0498 e. The summed E-state index contributed by atoms with van der Waals surface area (Å²) in [6.45, 7) is 3.41. The molecule has 2 rings (SSSR count). The highest BCUT2D eigenvalue weighted by molar-refractivity contribution is 7.84. The van der Waals surface area contributed by atoms with E-state index < -0.39 is 10.8 Å². The summed E-state index contributed by atoms with van der Waals surface area (Å²) in [5.74, 6) is 0.797. The molecule has 0 spiro atoms. The number of hydrogen-bond acceptors (Lipinski definition) is 2. The van der Waals surface area contributed by atoms with Crippen LogP contribution < -0.4 is 5.32 Å². The van der Waals surface area contributed by atoms with Crippen LogP contribution in [0.25, 0.3) is 0 Å². The minimum atomic E-state index is -0.870. The molecule has 1 aromatic rings. The molecule has 1 unspecified atom stereocenters. The van der Waals surface area contributed by atoms with Crippen LogP contribution >= 0.6 is 0 Å². The summed E-state index contributed by atoms with van der Waals surface area (Å²) >= 11 is 0. The summed E-state index contributed by atoms with van der Waals surface area (Å²) in [6, 6.07) is 8.64. The van der Waals surface area contributed by atoms with Crippen molar-refractivity contribution in [2.24, 2.45) is 5.92 Å². The van der Waals surface area contributed by atoms with Crippen LogP contribution in [0.3, 0.4) is 0 Å². The van der Waals surface area contributed by atoms with E-state index in [1.165, 1.54) is 18.4 Å². The molecule has 0 amide bonds. The Hall–Kier alpha value is -0.670. The number of piperidine rings is 1. The van der Waals surface area contributed by atoms with Crippen LogP contribution in [-0.4, -0.2) is 17.0 Å². The van der Waals surface area contributed by atoms with Gasteiger partial charge in [0.15, 0.2) is 0 Å². The van der Waals surface area contributed by atoms with Gasteiger partial charge in [-0.3, -0.25) is 4.21 Å². The second-order valence-corrected chi connectivity index (χ2v) is 6.04. The normalized spacial score (nSPS) is 27.6. The Kier molecular flexibility index (Phi) is 3.77. The van der Waals surface area contributed by atoms with E-state index in [0.29, 0.717) is 6.04 Å². The summed E-state index contributed by atoms with van der Waals surface area (Å²) in [5, 5.41) is 3.54. The van der Waals surface area contributed by atoms with E-state index >= 15 is 0 Å². The van der Waals surface area contributed by atoms with Crippen molar-refractivity contribution < 1.29 is 4.21 Å². The van der Waals surface area contributed by atoms with Crippen molar-refractivity contribution in [1.29, 1.82) is 0 Å². The Morgan fingerprint density at radius 1 is 1.31 bits per heavy atom. The molecule has 1 aliphatic rings. The smallest absolute Gasteiger partial charge is 0.0498 e. The molecule has 3 heteroatoms. The largest absolute Gasteiger partial charge is 0.310 e. The zero-order valence-corrected chi connectivity index (χ0v) is 10.7. The van der Waals surface area contributed by atoms with E-state index in [1.807, 2.05) is 12.1 Å². The highest BCUT2D eigenvalue weighted by atomic mass is 32.2. The molecule has 16 heavy (non-hydrogen) atoms. The van der Waals surface area contributed by atoms with Crippen molar-refractivity contribution in [2.45, 2.75) is 30.7 Å². The lowest BCUT2D eigenvalue weighted by molar-refractivity contribution is 0.325. The number of nitrogens with one attached hydrogen (secondary N) is 1. The van der Waals surface area contributed by atoms with E-state index in [-0.39, 0.29) is 0 Å². The first-order valence-corrected chi connectivity index (χ1v) is 7.39. The van der Waals surface area contributed by atoms with Gasteiger partial charge in [0.1, 0.15) is 0 Å². The van der Waals surface area contributed by atoms with Crippen LogP contribution in [0.2, 0.25) is 0 Å². The standard InChI is InChI=1S/C13H19NOS/c1-10-7-8-14-13(9-10)11-3-5-12(6-4-11)16(2)15/h3-6,10,13-14H,7-9H2,1-2H3/t10-,13+,16?/m1/s1. The molecule has 88 valence electrons. The highest BCUT2D eigenvalue weighted by Crippen LogP contribution is 2.27. The van der Waals surface area contributed by atoms with Crippen molar-refractivity contribution in [3.63, 3.8) is 0 Å². The number of rotatable bonds is 2. The van der Waals surface area contributed by atoms with Crippen LogP contribution in [0, 0.1) is 5.92 Å². The summed E-state index contributed by atoms with van der Waals surface area (Å²) in [5.41, 5.74) is 1.32. The van der Waals surface area contributed by atoms with E-state index in [0.717, 1.165) is 17.4 Å².